The van der Waals surface area contributed by atoms with E-state index in [0.29, 0.717) is 32.3 Å². The molecule has 0 saturated heterocycles. The summed E-state index contributed by atoms with van der Waals surface area (Å²) in [5.74, 6) is -0.283. The molecule has 2 aromatic carbocycles. The van der Waals surface area contributed by atoms with Crippen molar-refractivity contribution >= 4 is 11.9 Å². The highest BCUT2D eigenvalue weighted by Gasteiger charge is 2.28. The van der Waals surface area contributed by atoms with Crippen LogP contribution in [0, 0.1) is 0 Å². The van der Waals surface area contributed by atoms with E-state index in [9.17, 15) is 9.59 Å². The first-order valence-electron chi connectivity index (χ1n) is 10.7. The van der Waals surface area contributed by atoms with Crippen LogP contribution in [-0.2, 0) is 20.7 Å². The molecule has 0 fully saturated rings. The van der Waals surface area contributed by atoms with Crippen molar-refractivity contribution in [1.82, 2.24) is 10.2 Å². The highest BCUT2D eigenvalue weighted by Crippen LogP contribution is 2.44. The number of benzene rings is 2. The average molecular weight is 434 g/mol. The molecule has 166 valence electrons. The van der Waals surface area contributed by atoms with Crippen molar-refractivity contribution in [2.75, 3.05) is 6.61 Å². The second kappa shape index (κ2) is 9.74. The van der Waals surface area contributed by atoms with Gasteiger partial charge >= 0.3 is 5.97 Å². The highest BCUT2D eigenvalue weighted by atomic mass is 16.5. The molecule has 4 rings (SSSR count). The molecule has 1 heterocycles. The maximum Gasteiger partial charge on any atom is 0.305 e. The molecular formula is C24H26N4O4. The summed E-state index contributed by atoms with van der Waals surface area (Å²) in [6.45, 7) is 0.330. The van der Waals surface area contributed by atoms with Crippen LogP contribution in [0.4, 0.5) is 0 Å². The molecule has 1 aromatic heterocycles. The van der Waals surface area contributed by atoms with Gasteiger partial charge in [0.05, 0.1) is 6.04 Å². The average Bonchev–Trinajstić information content (AvgIpc) is 3.37. The minimum Gasteiger partial charge on any atom is -0.465 e. The maximum absolute atomic E-state index is 12.3. The van der Waals surface area contributed by atoms with Crippen LogP contribution in [0.2, 0.25) is 0 Å². The van der Waals surface area contributed by atoms with Gasteiger partial charge in [0.15, 0.2) is 0 Å². The Hall–Kier alpha value is -3.52. The second-order valence-electron chi connectivity index (χ2n) is 7.94. The highest BCUT2D eigenvalue weighted by molar-refractivity contribution is 5.79. The van der Waals surface area contributed by atoms with Crippen molar-refractivity contribution in [3.05, 3.63) is 71.4 Å². The number of hydrogen-bond acceptors (Lipinski definition) is 7. The van der Waals surface area contributed by atoms with Crippen LogP contribution in [0.1, 0.15) is 60.6 Å². The molecule has 0 saturated carbocycles. The van der Waals surface area contributed by atoms with Crippen LogP contribution in [0.15, 0.2) is 52.9 Å². The van der Waals surface area contributed by atoms with Crippen molar-refractivity contribution in [3.8, 4) is 11.1 Å². The lowest BCUT2D eigenvalue weighted by molar-refractivity contribution is -0.144. The fraction of sp³-hybridized carbons (Fsp3) is 0.333. The first kappa shape index (κ1) is 21.7. The first-order valence-corrected chi connectivity index (χ1v) is 10.7. The van der Waals surface area contributed by atoms with Crippen LogP contribution < -0.4 is 11.5 Å². The Labute approximate surface area is 186 Å². The van der Waals surface area contributed by atoms with E-state index in [1.807, 2.05) is 24.3 Å². The summed E-state index contributed by atoms with van der Waals surface area (Å²) in [5, 5.41) is 7.61. The number of amides is 1. The minimum absolute atomic E-state index is 0.0619. The summed E-state index contributed by atoms with van der Waals surface area (Å²) in [7, 11) is 0. The number of nitrogens with zero attached hydrogens (tertiary/aromatic N) is 2. The Bertz CT molecular complexity index is 1070. The molecule has 3 aromatic rings. The monoisotopic (exact) mass is 434 g/mol. The van der Waals surface area contributed by atoms with E-state index in [1.165, 1.54) is 22.3 Å². The van der Waals surface area contributed by atoms with E-state index < -0.39 is 11.9 Å². The number of hydrogen-bond donors (Lipinski definition) is 2. The number of ether oxygens (including phenoxy) is 1. The zero-order valence-corrected chi connectivity index (χ0v) is 17.7. The largest absolute Gasteiger partial charge is 0.465 e. The SMILES string of the molecule is NC(=O)Cc1nnc([C@@H](N)CCCCC(=O)OCC2c3ccccc3-c3ccccc32)o1. The number of fused-ring (bicyclic) bond motifs is 3. The first-order chi connectivity index (χ1) is 15.5. The van der Waals surface area contributed by atoms with Crippen LogP contribution in [0.25, 0.3) is 11.1 Å². The number of aromatic nitrogens is 2. The molecule has 0 aliphatic heterocycles. The molecule has 0 radical (unpaired) electrons. The van der Waals surface area contributed by atoms with Gasteiger partial charge in [0.2, 0.25) is 17.7 Å². The lowest BCUT2D eigenvalue weighted by Crippen LogP contribution is -2.14. The molecule has 0 spiro atoms. The van der Waals surface area contributed by atoms with E-state index in [1.54, 1.807) is 0 Å². The van der Waals surface area contributed by atoms with Crippen molar-refractivity contribution in [2.45, 2.75) is 44.1 Å². The van der Waals surface area contributed by atoms with Gasteiger partial charge in [-0.25, -0.2) is 0 Å². The fourth-order valence-corrected chi connectivity index (χ4v) is 4.08. The van der Waals surface area contributed by atoms with Gasteiger partial charge in [-0.05, 0) is 35.1 Å². The molecule has 8 heteroatoms. The number of esters is 1. The topological polar surface area (TPSA) is 134 Å². The van der Waals surface area contributed by atoms with Gasteiger partial charge in [0, 0.05) is 12.3 Å². The number of carbonyl (C=O) groups excluding carboxylic acids is 2. The van der Waals surface area contributed by atoms with Crippen LogP contribution in [0.5, 0.6) is 0 Å². The normalized spacial score (nSPS) is 13.4. The zero-order valence-electron chi connectivity index (χ0n) is 17.7. The van der Waals surface area contributed by atoms with Gasteiger partial charge in [-0.15, -0.1) is 10.2 Å². The lowest BCUT2D eigenvalue weighted by Gasteiger charge is -2.14. The zero-order chi connectivity index (χ0) is 22.5. The third kappa shape index (κ3) is 4.86. The molecule has 1 amide bonds. The maximum atomic E-state index is 12.3. The van der Waals surface area contributed by atoms with Crippen LogP contribution in [-0.4, -0.2) is 28.7 Å². The van der Waals surface area contributed by atoms with Crippen LogP contribution in [0.3, 0.4) is 0 Å². The molecule has 0 bridgehead atoms. The molecule has 4 N–H and O–H groups in total. The van der Waals surface area contributed by atoms with Crippen molar-refractivity contribution in [1.29, 1.82) is 0 Å². The molecule has 8 nitrogen and oxygen atoms in total. The smallest absolute Gasteiger partial charge is 0.305 e. The van der Waals surface area contributed by atoms with Gasteiger partial charge in [0.1, 0.15) is 13.0 Å². The molecule has 1 aliphatic carbocycles. The van der Waals surface area contributed by atoms with E-state index in [4.69, 9.17) is 20.6 Å². The van der Waals surface area contributed by atoms with Gasteiger partial charge in [-0.1, -0.05) is 55.0 Å². The number of primary amides is 1. The Kier molecular flexibility index (Phi) is 6.61. The molecular weight excluding hydrogens is 408 g/mol. The Morgan fingerprint density at radius 1 is 1.00 bits per heavy atom. The summed E-state index contributed by atoms with van der Waals surface area (Å²) in [6, 6.07) is 16.1. The summed E-state index contributed by atoms with van der Waals surface area (Å²) in [6.07, 6.45) is 2.14. The molecule has 32 heavy (non-hydrogen) atoms. The lowest BCUT2D eigenvalue weighted by atomic mass is 9.98. The van der Waals surface area contributed by atoms with Crippen molar-refractivity contribution < 1.29 is 18.7 Å². The minimum atomic E-state index is -0.545. The van der Waals surface area contributed by atoms with E-state index >= 15 is 0 Å². The summed E-state index contributed by atoms with van der Waals surface area (Å²) >= 11 is 0. The summed E-state index contributed by atoms with van der Waals surface area (Å²) in [4.78, 5) is 23.2. The van der Waals surface area contributed by atoms with Crippen molar-refractivity contribution in [2.24, 2.45) is 11.5 Å². The van der Waals surface area contributed by atoms with Crippen LogP contribution >= 0.6 is 0 Å². The Balaban J connectivity index is 1.22. The summed E-state index contributed by atoms with van der Waals surface area (Å²) < 4.78 is 11.0. The van der Waals surface area contributed by atoms with Crippen molar-refractivity contribution in [3.63, 3.8) is 0 Å². The molecule has 1 atom stereocenters. The third-order valence-electron chi connectivity index (χ3n) is 5.64. The van der Waals surface area contributed by atoms with E-state index in [0.717, 1.165) is 0 Å². The number of nitrogens with two attached hydrogens (primary N) is 2. The summed E-state index contributed by atoms with van der Waals surface area (Å²) in [5.41, 5.74) is 16.0. The van der Waals surface area contributed by atoms with Gasteiger partial charge in [-0.3, -0.25) is 9.59 Å². The Morgan fingerprint density at radius 3 is 2.31 bits per heavy atom. The number of carbonyl (C=O) groups is 2. The van der Waals surface area contributed by atoms with Gasteiger partial charge < -0.3 is 20.6 Å². The quantitative estimate of drug-likeness (QED) is 0.370. The Morgan fingerprint density at radius 2 is 1.66 bits per heavy atom. The molecule has 1 aliphatic rings. The third-order valence-corrected chi connectivity index (χ3v) is 5.64. The standard InChI is InChI=1S/C24H26N4O4/c25-20(24-28-27-22(32-24)13-21(26)29)11-5-6-12-23(30)31-14-19-17-9-3-1-7-15(17)16-8-2-4-10-18(16)19/h1-4,7-10,19-20H,5-6,11-14,25H2,(H2,26,29)/t20-/m0/s1. The van der Waals surface area contributed by atoms with E-state index in [2.05, 4.69) is 34.5 Å². The number of unbranched alkanes of at least 4 members (excludes halogenated alkanes) is 1. The van der Waals surface area contributed by atoms with Gasteiger partial charge in [0.25, 0.3) is 0 Å². The van der Waals surface area contributed by atoms with Gasteiger partial charge in [-0.2, -0.15) is 0 Å². The number of rotatable bonds is 10. The predicted octanol–water partition coefficient (Wildman–Crippen LogP) is 3.01. The van der Waals surface area contributed by atoms with E-state index in [-0.39, 0.29) is 30.1 Å². The second-order valence-corrected chi connectivity index (χ2v) is 7.94. The molecule has 0 unspecified atom stereocenters. The fourth-order valence-electron chi connectivity index (χ4n) is 4.08. The predicted molar refractivity (Wildman–Crippen MR) is 117 cm³/mol.